The number of nitrogens with one attached hydrogen (secondary N) is 1. The molecule has 17 heavy (non-hydrogen) atoms. The lowest BCUT2D eigenvalue weighted by atomic mass is 9.96. The van der Waals surface area contributed by atoms with Gasteiger partial charge >= 0.3 is 0 Å². The summed E-state index contributed by atoms with van der Waals surface area (Å²) < 4.78 is 0. The molecule has 1 N–H and O–H groups in total. The molecule has 0 aromatic heterocycles. The Labute approximate surface area is 105 Å². The van der Waals surface area contributed by atoms with Crippen LogP contribution in [0.1, 0.15) is 36.0 Å². The third-order valence-electron chi connectivity index (χ3n) is 3.88. The van der Waals surface area contributed by atoms with Crippen LogP contribution in [0.4, 0.5) is 0 Å². The molecule has 0 saturated heterocycles. The minimum atomic E-state index is 0.527. The molecule has 0 spiro atoms. The summed E-state index contributed by atoms with van der Waals surface area (Å²) in [4.78, 5) is 0. The Hall–Kier alpha value is -1.08. The summed E-state index contributed by atoms with van der Waals surface area (Å²) in [5.41, 5.74) is 5.83. The lowest BCUT2D eigenvalue weighted by molar-refractivity contribution is 0.615. The first-order valence-electron chi connectivity index (χ1n) is 6.63. The highest BCUT2D eigenvalue weighted by Crippen LogP contribution is 2.23. The molecule has 1 aliphatic rings. The van der Waals surface area contributed by atoms with Crippen molar-refractivity contribution in [3.8, 4) is 0 Å². The molecule has 0 saturated carbocycles. The zero-order valence-electron chi connectivity index (χ0n) is 11.2. The van der Waals surface area contributed by atoms with Crippen LogP contribution in [0.25, 0.3) is 0 Å². The van der Waals surface area contributed by atoms with Crippen molar-refractivity contribution in [1.29, 1.82) is 0 Å². The van der Waals surface area contributed by atoms with Gasteiger partial charge in [-0.2, -0.15) is 0 Å². The van der Waals surface area contributed by atoms with E-state index in [1.54, 1.807) is 5.57 Å². The van der Waals surface area contributed by atoms with Gasteiger partial charge in [0, 0.05) is 6.04 Å². The van der Waals surface area contributed by atoms with E-state index >= 15 is 0 Å². The molecule has 1 heteroatoms. The average Bonchev–Trinajstić information content (AvgIpc) is 2.84. The van der Waals surface area contributed by atoms with E-state index in [0.717, 1.165) is 6.42 Å². The predicted octanol–water partition coefficient (Wildman–Crippen LogP) is 3.54. The first-order chi connectivity index (χ1) is 8.20. The van der Waals surface area contributed by atoms with E-state index in [-0.39, 0.29) is 0 Å². The molecule has 0 bridgehead atoms. The molecular formula is C16H23N. The van der Waals surface area contributed by atoms with Crippen molar-refractivity contribution in [3.63, 3.8) is 0 Å². The number of benzene rings is 1. The van der Waals surface area contributed by atoms with E-state index in [2.05, 4.69) is 50.5 Å². The first kappa shape index (κ1) is 12.4. The molecule has 0 amide bonds. The minimum Gasteiger partial charge on any atom is -0.313 e. The molecule has 1 nitrogen and oxygen atoms in total. The molecule has 1 unspecified atom stereocenters. The maximum absolute atomic E-state index is 3.46. The summed E-state index contributed by atoms with van der Waals surface area (Å²) in [7, 11) is 2.07. The van der Waals surface area contributed by atoms with Gasteiger partial charge in [-0.25, -0.2) is 0 Å². The van der Waals surface area contributed by atoms with Gasteiger partial charge in [0.25, 0.3) is 0 Å². The van der Waals surface area contributed by atoms with Crippen molar-refractivity contribution in [2.75, 3.05) is 7.05 Å². The van der Waals surface area contributed by atoms with Crippen molar-refractivity contribution in [1.82, 2.24) is 5.32 Å². The molecule has 1 atom stereocenters. The zero-order valence-corrected chi connectivity index (χ0v) is 11.2. The molecule has 0 fully saturated rings. The summed E-state index contributed by atoms with van der Waals surface area (Å²) in [6.45, 7) is 4.37. The highest BCUT2D eigenvalue weighted by Gasteiger charge is 2.15. The molecule has 0 radical (unpaired) electrons. The van der Waals surface area contributed by atoms with E-state index < -0.39 is 0 Å². The van der Waals surface area contributed by atoms with Crippen LogP contribution < -0.4 is 5.32 Å². The van der Waals surface area contributed by atoms with E-state index in [0.29, 0.717) is 6.04 Å². The third-order valence-corrected chi connectivity index (χ3v) is 3.88. The van der Waals surface area contributed by atoms with Gasteiger partial charge < -0.3 is 5.32 Å². The number of hydrogen-bond acceptors (Lipinski definition) is 1. The second-order valence-corrected chi connectivity index (χ2v) is 5.14. The van der Waals surface area contributed by atoms with Crippen LogP contribution in [0.5, 0.6) is 0 Å². The van der Waals surface area contributed by atoms with Crippen molar-refractivity contribution in [2.24, 2.45) is 0 Å². The number of aryl methyl sites for hydroxylation is 2. The highest BCUT2D eigenvalue weighted by atomic mass is 14.9. The van der Waals surface area contributed by atoms with Gasteiger partial charge in [-0.15, -0.1) is 0 Å². The Balaban J connectivity index is 2.09. The summed E-state index contributed by atoms with van der Waals surface area (Å²) >= 11 is 0. The van der Waals surface area contributed by atoms with Crippen molar-refractivity contribution in [2.45, 2.75) is 45.6 Å². The smallest absolute Gasteiger partial charge is 0.0317 e. The molecule has 1 aromatic rings. The van der Waals surface area contributed by atoms with Crippen LogP contribution in [0.2, 0.25) is 0 Å². The average molecular weight is 229 g/mol. The molecule has 92 valence electrons. The van der Waals surface area contributed by atoms with Crippen LogP contribution >= 0.6 is 0 Å². The van der Waals surface area contributed by atoms with E-state index in [9.17, 15) is 0 Å². The fraction of sp³-hybridized carbons (Fsp3) is 0.500. The second-order valence-electron chi connectivity index (χ2n) is 5.14. The van der Waals surface area contributed by atoms with E-state index in [4.69, 9.17) is 0 Å². The lowest BCUT2D eigenvalue weighted by Gasteiger charge is -2.18. The summed E-state index contributed by atoms with van der Waals surface area (Å²) in [6.07, 6.45) is 7.41. The van der Waals surface area contributed by atoms with Crippen LogP contribution in [-0.4, -0.2) is 13.1 Å². The largest absolute Gasteiger partial charge is 0.313 e. The lowest BCUT2D eigenvalue weighted by Crippen LogP contribution is -2.29. The Morgan fingerprint density at radius 3 is 2.65 bits per heavy atom. The molecule has 1 aliphatic carbocycles. The summed E-state index contributed by atoms with van der Waals surface area (Å²) in [5.74, 6) is 0. The van der Waals surface area contributed by atoms with Crippen LogP contribution in [0.3, 0.4) is 0 Å². The van der Waals surface area contributed by atoms with Crippen LogP contribution in [-0.2, 0) is 6.42 Å². The number of rotatable bonds is 4. The standard InChI is InChI=1S/C16H23N/c1-12-8-9-14(10-13(12)2)11-16(17-3)15-6-4-5-7-15/h6,8-10,16-17H,4-5,7,11H2,1-3H3. The van der Waals surface area contributed by atoms with Crippen LogP contribution in [0.15, 0.2) is 29.8 Å². The number of likely N-dealkylation sites (N-methyl/N-ethyl adjacent to an activating group) is 1. The second kappa shape index (κ2) is 5.50. The van der Waals surface area contributed by atoms with Gasteiger partial charge in [-0.3, -0.25) is 0 Å². The number of hydrogen-bond donors (Lipinski definition) is 1. The fourth-order valence-corrected chi connectivity index (χ4v) is 2.60. The van der Waals surface area contributed by atoms with Crippen molar-refractivity contribution >= 4 is 0 Å². The van der Waals surface area contributed by atoms with E-state index in [1.807, 2.05) is 0 Å². The maximum atomic E-state index is 3.46. The third kappa shape index (κ3) is 2.98. The molecular weight excluding hydrogens is 206 g/mol. The molecule has 2 rings (SSSR count). The van der Waals surface area contributed by atoms with Crippen LogP contribution in [0, 0.1) is 13.8 Å². The number of allylic oxidation sites excluding steroid dienone is 1. The Morgan fingerprint density at radius 1 is 1.24 bits per heavy atom. The van der Waals surface area contributed by atoms with Gasteiger partial charge in [0.15, 0.2) is 0 Å². The van der Waals surface area contributed by atoms with Gasteiger partial charge in [0.2, 0.25) is 0 Å². The fourth-order valence-electron chi connectivity index (χ4n) is 2.60. The summed E-state index contributed by atoms with van der Waals surface area (Å²) in [5, 5.41) is 3.46. The Bertz CT molecular complexity index is 418. The zero-order chi connectivity index (χ0) is 12.3. The molecule has 0 aliphatic heterocycles. The monoisotopic (exact) mass is 229 g/mol. The van der Waals surface area contributed by atoms with Gasteiger partial charge in [-0.05, 0) is 63.3 Å². The minimum absolute atomic E-state index is 0.527. The van der Waals surface area contributed by atoms with Gasteiger partial charge in [0.05, 0.1) is 0 Å². The SMILES string of the molecule is CNC(Cc1ccc(C)c(C)c1)C1=CCCC1. The predicted molar refractivity (Wildman–Crippen MR) is 74.4 cm³/mol. The highest BCUT2D eigenvalue weighted by molar-refractivity contribution is 5.31. The van der Waals surface area contributed by atoms with Crippen molar-refractivity contribution in [3.05, 3.63) is 46.5 Å². The Morgan fingerprint density at radius 2 is 2.06 bits per heavy atom. The first-order valence-corrected chi connectivity index (χ1v) is 6.63. The maximum Gasteiger partial charge on any atom is 0.0317 e. The van der Waals surface area contributed by atoms with Gasteiger partial charge in [0.1, 0.15) is 0 Å². The topological polar surface area (TPSA) is 12.0 Å². The quantitative estimate of drug-likeness (QED) is 0.779. The van der Waals surface area contributed by atoms with E-state index in [1.165, 1.54) is 36.0 Å². The normalized spacial score (nSPS) is 17.0. The molecule has 0 heterocycles. The van der Waals surface area contributed by atoms with Gasteiger partial charge in [-0.1, -0.05) is 29.8 Å². The van der Waals surface area contributed by atoms with Crippen molar-refractivity contribution < 1.29 is 0 Å². The summed E-state index contributed by atoms with van der Waals surface area (Å²) in [6, 6.07) is 7.36. The molecule has 1 aromatic carbocycles. The Kier molecular flexibility index (Phi) is 4.01.